The van der Waals surface area contributed by atoms with Crippen LogP contribution in [0.25, 0.3) is 15.7 Å². The summed E-state index contributed by atoms with van der Waals surface area (Å²) in [6.45, 7) is 11.2. The van der Waals surface area contributed by atoms with Gasteiger partial charge in [-0.05, 0) is 43.0 Å². The van der Waals surface area contributed by atoms with Gasteiger partial charge in [-0.25, -0.2) is 13.3 Å². The van der Waals surface area contributed by atoms with Gasteiger partial charge in [-0.3, -0.25) is 4.79 Å². The Morgan fingerprint density at radius 2 is 1.77 bits per heavy atom. The number of sulfone groups is 1. The number of nitrogens with zero attached hydrogens (tertiary/aromatic N) is 2. The van der Waals surface area contributed by atoms with Crippen LogP contribution in [0.2, 0.25) is 0 Å². The van der Waals surface area contributed by atoms with Crippen LogP contribution in [0.4, 0.5) is 5.69 Å². The zero-order chi connectivity index (χ0) is 18.9. The smallest absolute Gasteiger partial charge is 0.253 e. The number of rotatable bonds is 4. The lowest BCUT2D eigenvalue weighted by atomic mass is 10.1. The van der Waals surface area contributed by atoms with E-state index in [2.05, 4.69) is 4.85 Å². The van der Waals surface area contributed by atoms with Gasteiger partial charge in [-0.2, -0.15) is 0 Å². The van der Waals surface area contributed by atoms with Crippen molar-refractivity contribution in [3.8, 4) is 0 Å². The zero-order valence-electron chi connectivity index (χ0n) is 14.6. The molecule has 0 aliphatic rings. The third-order valence-electron chi connectivity index (χ3n) is 4.34. The minimum absolute atomic E-state index is 0.0275. The van der Waals surface area contributed by atoms with E-state index in [9.17, 15) is 13.2 Å². The van der Waals surface area contributed by atoms with Crippen molar-refractivity contribution < 1.29 is 8.42 Å². The Labute approximate surface area is 152 Å². The first kappa shape index (κ1) is 17.9. The van der Waals surface area contributed by atoms with Crippen LogP contribution in [0.1, 0.15) is 18.1 Å². The third-order valence-corrected chi connectivity index (χ3v) is 6.04. The maximum atomic E-state index is 12.6. The van der Waals surface area contributed by atoms with Crippen LogP contribution in [-0.4, -0.2) is 13.0 Å². The fourth-order valence-electron chi connectivity index (χ4n) is 3.02. The highest BCUT2D eigenvalue weighted by molar-refractivity contribution is 7.90. The number of hydrogen-bond acceptors (Lipinski definition) is 3. The second-order valence-corrected chi connectivity index (χ2v) is 8.12. The molecule has 132 valence electrons. The Balaban J connectivity index is 2.02. The van der Waals surface area contributed by atoms with Crippen LogP contribution in [0.3, 0.4) is 0 Å². The van der Waals surface area contributed by atoms with Crippen molar-refractivity contribution in [2.45, 2.75) is 31.0 Å². The van der Waals surface area contributed by atoms with Crippen molar-refractivity contribution in [2.24, 2.45) is 0 Å². The van der Waals surface area contributed by atoms with Gasteiger partial charge in [0.05, 0.1) is 22.7 Å². The first-order valence-corrected chi connectivity index (χ1v) is 9.84. The Morgan fingerprint density at radius 3 is 2.38 bits per heavy atom. The average molecular weight is 366 g/mol. The molecule has 0 atom stereocenters. The molecular formula is C20H18N2O3S. The summed E-state index contributed by atoms with van der Waals surface area (Å²) >= 11 is 0. The van der Waals surface area contributed by atoms with E-state index in [-0.39, 0.29) is 16.2 Å². The van der Waals surface area contributed by atoms with Gasteiger partial charge in [-0.15, -0.1) is 0 Å². The predicted molar refractivity (Wildman–Crippen MR) is 102 cm³/mol. The largest absolute Gasteiger partial charge is 0.308 e. The first-order valence-electron chi connectivity index (χ1n) is 8.19. The summed E-state index contributed by atoms with van der Waals surface area (Å²) in [5.41, 5.74) is 2.47. The Morgan fingerprint density at radius 1 is 1.08 bits per heavy atom. The van der Waals surface area contributed by atoms with Gasteiger partial charge in [0.15, 0.2) is 15.5 Å². The summed E-state index contributed by atoms with van der Waals surface area (Å²) in [5.74, 6) is -0.134. The molecule has 0 aliphatic carbocycles. The van der Waals surface area contributed by atoms with Gasteiger partial charge in [0, 0.05) is 12.1 Å². The molecule has 5 nitrogen and oxygen atoms in total. The molecule has 0 saturated carbocycles. The molecule has 0 fully saturated rings. The number of benzene rings is 2. The summed E-state index contributed by atoms with van der Waals surface area (Å²) in [6, 6.07) is 13.1. The van der Waals surface area contributed by atoms with Crippen LogP contribution in [0.5, 0.6) is 0 Å². The molecule has 3 rings (SSSR count). The van der Waals surface area contributed by atoms with Crippen LogP contribution in [-0.2, 0) is 22.1 Å². The Kier molecular flexibility index (Phi) is 4.66. The molecule has 6 heteroatoms. The summed E-state index contributed by atoms with van der Waals surface area (Å²) in [5, 5.41) is 0.847. The monoisotopic (exact) mass is 366 g/mol. The van der Waals surface area contributed by atoms with E-state index in [1.807, 2.05) is 13.0 Å². The normalized spacial score (nSPS) is 11.4. The van der Waals surface area contributed by atoms with E-state index in [1.165, 1.54) is 24.3 Å². The summed E-state index contributed by atoms with van der Waals surface area (Å²) in [4.78, 5) is 15.7. The third kappa shape index (κ3) is 3.26. The molecular weight excluding hydrogens is 348 g/mol. The Hall–Kier alpha value is -2.91. The van der Waals surface area contributed by atoms with Crippen LogP contribution in [0, 0.1) is 13.5 Å². The molecule has 0 amide bonds. The van der Waals surface area contributed by atoms with E-state index in [4.69, 9.17) is 6.57 Å². The van der Waals surface area contributed by atoms with Crippen LogP contribution < -0.4 is 5.56 Å². The molecule has 0 unspecified atom stereocenters. The molecule has 0 aliphatic heterocycles. The number of pyridine rings is 1. The lowest BCUT2D eigenvalue weighted by molar-refractivity contribution is 0.595. The van der Waals surface area contributed by atoms with Gasteiger partial charge in [0.25, 0.3) is 5.56 Å². The number of aryl methyl sites for hydroxylation is 2. The lowest BCUT2D eigenvalue weighted by Gasteiger charge is -2.11. The van der Waals surface area contributed by atoms with Crippen molar-refractivity contribution in [1.29, 1.82) is 0 Å². The maximum absolute atomic E-state index is 12.6. The summed E-state index contributed by atoms with van der Waals surface area (Å²) in [6.07, 6.45) is 0. The molecule has 1 aromatic heterocycles. The number of fused-ring (bicyclic) bond motifs is 1. The van der Waals surface area contributed by atoms with Crippen molar-refractivity contribution in [3.05, 3.63) is 81.4 Å². The topological polar surface area (TPSA) is 60.5 Å². The summed E-state index contributed by atoms with van der Waals surface area (Å²) in [7, 11) is -3.51. The molecule has 0 radical (unpaired) electrons. The van der Waals surface area contributed by atoms with Gasteiger partial charge < -0.3 is 4.57 Å². The van der Waals surface area contributed by atoms with E-state index < -0.39 is 9.84 Å². The fraction of sp³-hybridized carbons (Fsp3) is 0.200. The van der Waals surface area contributed by atoms with Gasteiger partial charge in [0.1, 0.15) is 0 Å². The molecule has 26 heavy (non-hydrogen) atoms. The van der Waals surface area contributed by atoms with Crippen LogP contribution in [0.15, 0.2) is 58.2 Å². The van der Waals surface area contributed by atoms with Gasteiger partial charge in [0.2, 0.25) is 0 Å². The fourth-order valence-corrected chi connectivity index (χ4v) is 4.35. The molecule has 0 N–H and O–H groups in total. The summed E-state index contributed by atoms with van der Waals surface area (Å²) < 4.78 is 27.0. The quantitative estimate of drug-likeness (QED) is 0.659. The molecule has 3 aromatic rings. The highest BCUT2D eigenvalue weighted by Crippen LogP contribution is 2.22. The standard InChI is InChI=1S/C20H18N2O3S/c1-4-22-19-10-5-15(12-16(19)11-14(2)20(22)23)13-26(24,25)18-8-6-17(21-3)7-9-18/h5-12H,4,13H2,1-2H3. The average Bonchev–Trinajstić information content (AvgIpc) is 2.62. The maximum Gasteiger partial charge on any atom is 0.253 e. The van der Waals surface area contributed by atoms with Crippen molar-refractivity contribution in [3.63, 3.8) is 0 Å². The number of hydrogen-bond donors (Lipinski definition) is 0. The minimum Gasteiger partial charge on any atom is -0.308 e. The highest BCUT2D eigenvalue weighted by atomic mass is 32.2. The van der Waals surface area contributed by atoms with Gasteiger partial charge in [-0.1, -0.05) is 30.3 Å². The molecule has 0 saturated heterocycles. The van der Waals surface area contributed by atoms with E-state index >= 15 is 0 Å². The molecule has 2 aromatic carbocycles. The zero-order valence-corrected chi connectivity index (χ0v) is 15.4. The van der Waals surface area contributed by atoms with E-state index in [0.717, 1.165) is 10.9 Å². The highest BCUT2D eigenvalue weighted by Gasteiger charge is 2.16. The minimum atomic E-state index is -3.51. The molecule has 1 heterocycles. The lowest BCUT2D eigenvalue weighted by Crippen LogP contribution is -2.21. The predicted octanol–water partition coefficient (Wildman–Crippen LogP) is 3.85. The van der Waals surface area contributed by atoms with E-state index in [1.54, 1.807) is 29.7 Å². The van der Waals surface area contributed by atoms with E-state index in [0.29, 0.717) is 23.4 Å². The van der Waals surface area contributed by atoms with Crippen molar-refractivity contribution >= 4 is 26.4 Å². The molecule has 0 bridgehead atoms. The van der Waals surface area contributed by atoms with Gasteiger partial charge >= 0.3 is 0 Å². The van der Waals surface area contributed by atoms with Crippen molar-refractivity contribution in [2.75, 3.05) is 0 Å². The Bertz CT molecular complexity index is 1180. The second-order valence-electron chi connectivity index (χ2n) is 6.13. The number of aromatic nitrogens is 1. The van der Waals surface area contributed by atoms with Crippen molar-refractivity contribution in [1.82, 2.24) is 4.57 Å². The SMILES string of the molecule is [C-]#[N+]c1ccc(S(=O)(=O)Cc2ccc3c(c2)cc(C)c(=O)n3CC)cc1. The first-order chi connectivity index (χ1) is 12.4. The van der Waals surface area contributed by atoms with Crippen LogP contribution >= 0.6 is 0 Å². The second kappa shape index (κ2) is 6.77. The molecule has 0 spiro atoms.